The van der Waals surface area contributed by atoms with E-state index in [9.17, 15) is 9.59 Å². The van der Waals surface area contributed by atoms with Crippen molar-refractivity contribution in [2.45, 2.75) is 12.8 Å². The van der Waals surface area contributed by atoms with Gasteiger partial charge in [-0.15, -0.1) is 0 Å². The van der Waals surface area contributed by atoms with Gasteiger partial charge in [-0.05, 0) is 23.8 Å². The van der Waals surface area contributed by atoms with E-state index in [0.29, 0.717) is 27.6 Å². The number of primary amides is 1. The molecule has 0 radical (unpaired) electrons. The summed E-state index contributed by atoms with van der Waals surface area (Å²) in [5, 5.41) is 3.24. The number of nitrogens with one attached hydrogen (secondary N) is 1. The Kier molecular flexibility index (Phi) is 5.60. The van der Waals surface area contributed by atoms with Gasteiger partial charge in [-0.2, -0.15) is 0 Å². The zero-order valence-electron chi connectivity index (χ0n) is 12.6. The fourth-order valence-electron chi connectivity index (χ4n) is 2.24. The largest absolute Gasteiger partial charge is 0.496 e. The van der Waals surface area contributed by atoms with Gasteiger partial charge < -0.3 is 15.8 Å². The van der Waals surface area contributed by atoms with Crippen LogP contribution in [0.25, 0.3) is 0 Å². The molecule has 0 aliphatic carbocycles. The quantitative estimate of drug-likeness (QED) is 0.853. The highest BCUT2D eigenvalue weighted by Crippen LogP contribution is 2.27. The number of anilines is 1. The predicted molar refractivity (Wildman–Crippen MR) is 89.7 cm³/mol. The van der Waals surface area contributed by atoms with Crippen LogP contribution in [0, 0.1) is 0 Å². The monoisotopic (exact) mass is 332 g/mol. The molecule has 0 unspecified atom stereocenters. The number of hydrogen-bond donors (Lipinski definition) is 2. The molecule has 0 spiro atoms. The van der Waals surface area contributed by atoms with Crippen LogP contribution in [0.5, 0.6) is 5.75 Å². The van der Waals surface area contributed by atoms with Gasteiger partial charge in [0.15, 0.2) is 0 Å². The lowest BCUT2D eigenvalue weighted by atomic mass is 10.1. The first-order valence-corrected chi connectivity index (χ1v) is 7.36. The van der Waals surface area contributed by atoms with Crippen molar-refractivity contribution in [1.29, 1.82) is 0 Å². The summed E-state index contributed by atoms with van der Waals surface area (Å²) in [6.07, 6.45) is 0.125. The molecule has 0 fully saturated rings. The minimum absolute atomic E-state index is 0.0614. The van der Waals surface area contributed by atoms with E-state index >= 15 is 0 Å². The maximum absolute atomic E-state index is 12.3. The number of rotatable bonds is 6. The third kappa shape index (κ3) is 4.47. The molecule has 0 aromatic heterocycles. The van der Waals surface area contributed by atoms with E-state index in [1.807, 2.05) is 0 Å². The van der Waals surface area contributed by atoms with Crippen molar-refractivity contribution < 1.29 is 14.3 Å². The van der Waals surface area contributed by atoms with Gasteiger partial charge in [-0.25, -0.2) is 0 Å². The third-order valence-electron chi connectivity index (χ3n) is 3.29. The number of ether oxygens (including phenoxy) is 1. The van der Waals surface area contributed by atoms with E-state index in [0.717, 1.165) is 0 Å². The number of hydrogen-bond acceptors (Lipinski definition) is 3. The molecular weight excluding hydrogens is 316 g/mol. The van der Waals surface area contributed by atoms with Gasteiger partial charge in [0.1, 0.15) is 5.75 Å². The summed E-state index contributed by atoms with van der Waals surface area (Å²) in [5.74, 6) is -0.161. The molecule has 2 rings (SSSR count). The number of para-hydroxylation sites is 1. The van der Waals surface area contributed by atoms with Crippen molar-refractivity contribution in [3.05, 3.63) is 58.6 Å². The molecule has 0 heterocycles. The Bertz CT molecular complexity index is 732. The minimum atomic E-state index is -0.459. The van der Waals surface area contributed by atoms with Crippen LogP contribution in [-0.2, 0) is 22.4 Å². The molecule has 23 heavy (non-hydrogen) atoms. The molecule has 2 amide bonds. The molecule has 5 nitrogen and oxygen atoms in total. The molecular formula is C17H17ClN2O3. The van der Waals surface area contributed by atoms with Gasteiger partial charge in [0.05, 0.1) is 20.0 Å². The van der Waals surface area contributed by atoms with Crippen LogP contribution >= 0.6 is 11.6 Å². The Hall–Kier alpha value is -2.53. The SMILES string of the molecule is COc1cccc(Cl)c1CC(=O)Nc1ccccc1CC(N)=O. The van der Waals surface area contributed by atoms with Gasteiger partial charge >= 0.3 is 0 Å². The molecule has 6 heteroatoms. The second-order valence-electron chi connectivity index (χ2n) is 4.95. The van der Waals surface area contributed by atoms with Crippen LogP contribution in [0.4, 0.5) is 5.69 Å². The first kappa shape index (κ1) is 16.8. The summed E-state index contributed by atoms with van der Waals surface area (Å²) in [7, 11) is 1.52. The number of benzene rings is 2. The lowest BCUT2D eigenvalue weighted by molar-refractivity contribution is -0.117. The summed E-state index contributed by atoms with van der Waals surface area (Å²) in [6, 6.07) is 12.2. The summed E-state index contributed by atoms with van der Waals surface area (Å²) < 4.78 is 5.23. The van der Waals surface area contributed by atoms with E-state index in [1.54, 1.807) is 42.5 Å². The average molecular weight is 333 g/mol. The van der Waals surface area contributed by atoms with Gasteiger partial charge in [0, 0.05) is 16.3 Å². The molecule has 0 saturated heterocycles. The van der Waals surface area contributed by atoms with Crippen LogP contribution in [0.1, 0.15) is 11.1 Å². The summed E-state index contributed by atoms with van der Waals surface area (Å²) in [5.41, 5.74) is 7.06. The molecule has 120 valence electrons. The van der Waals surface area contributed by atoms with E-state index in [2.05, 4.69) is 5.32 Å². The Balaban J connectivity index is 2.16. The lowest BCUT2D eigenvalue weighted by Crippen LogP contribution is -2.19. The van der Waals surface area contributed by atoms with Crippen molar-refractivity contribution in [2.24, 2.45) is 5.73 Å². The number of nitrogens with two attached hydrogens (primary N) is 1. The summed E-state index contributed by atoms with van der Waals surface area (Å²) in [4.78, 5) is 23.4. The van der Waals surface area contributed by atoms with Gasteiger partial charge in [-0.3, -0.25) is 9.59 Å². The predicted octanol–water partition coefficient (Wildman–Crippen LogP) is 2.56. The van der Waals surface area contributed by atoms with Crippen molar-refractivity contribution in [3.8, 4) is 5.75 Å². The normalized spacial score (nSPS) is 10.2. The van der Waals surface area contributed by atoms with Crippen molar-refractivity contribution >= 4 is 29.1 Å². The molecule has 2 aromatic carbocycles. The zero-order chi connectivity index (χ0) is 16.8. The highest BCUT2D eigenvalue weighted by atomic mass is 35.5. The molecule has 0 bridgehead atoms. The Morgan fingerprint density at radius 1 is 1.13 bits per heavy atom. The topological polar surface area (TPSA) is 81.4 Å². The van der Waals surface area contributed by atoms with Crippen LogP contribution in [0.15, 0.2) is 42.5 Å². The maximum Gasteiger partial charge on any atom is 0.229 e. The van der Waals surface area contributed by atoms with Crippen molar-refractivity contribution in [2.75, 3.05) is 12.4 Å². The van der Waals surface area contributed by atoms with E-state index < -0.39 is 5.91 Å². The molecule has 0 saturated carbocycles. The Morgan fingerprint density at radius 3 is 2.57 bits per heavy atom. The number of carbonyl (C=O) groups is 2. The van der Waals surface area contributed by atoms with Crippen molar-refractivity contribution in [3.63, 3.8) is 0 Å². The standard InChI is InChI=1S/C17H17ClN2O3/c1-23-15-8-4-6-13(18)12(15)10-17(22)20-14-7-3-2-5-11(14)9-16(19)21/h2-8H,9-10H2,1H3,(H2,19,21)(H,20,22). The highest BCUT2D eigenvalue weighted by Gasteiger charge is 2.14. The Morgan fingerprint density at radius 2 is 1.87 bits per heavy atom. The number of halogens is 1. The van der Waals surface area contributed by atoms with E-state index in [1.165, 1.54) is 7.11 Å². The molecule has 0 aliphatic heterocycles. The number of methoxy groups -OCH3 is 1. The fourth-order valence-corrected chi connectivity index (χ4v) is 2.47. The van der Waals surface area contributed by atoms with E-state index in [-0.39, 0.29) is 18.7 Å². The molecule has 2 aromatic rings. The average Bonchev–Trinajstić information content (AvgIpc) is 2.50. The van der Waals surface area contributed by atoms with E-state index in [4.69, 9.17) is 22.1 Å². The van der Waals surface area contributed by atoms with Crippen LogP contribution in [0.2, 0.25) is 5.02 Å². The highest BCUT2D eigenvalue weighted by molar-refractivity contribution is 6.31. The molecule has 3 N–H and O–H groups in total. The van der Waals surface area contributed by atoms with Gasteiger partial charge in [0.25, 0.3) is 0 Å². The van der Waals surface area contributed by atoms with Crippen LogP contribution < -0.4 is 15.8 Å². The van der Waals surface area contributed by atoms with Crippen LogP contribution in [-0.4, -0.2) is 18.9 Å². The van der Waals surface area contributed by atoms with Gasteiger partial charge in [0.2, 0.25) is 11.8 Å². The number of amides is 2. The Labute approximate surface area is 139 Å². The minimum Gasteiger partial charge on any atom is -0.496 e. The summed E-state index contributed by atoms with van der Waals surface area (Å²) >= 11 is 6.13. The third-order valence-corrected chi connectivity index (χ3v) is 3.64. The first-order valence-electron chi connectivity index (χ1n) is 6.98. The fraction of sp³-hybridized carbons (Fsp3) is 0.176. The molecule has 0 aliphatic rings. The second-order valence-corrected chi connectivity index (χ2v) is 5.35. The first-order chi connectivity index (χ1) is 11.0. The van der Waals surface area contributed by atoms with Crippen molar-refractivity contribution in [1.82, 2.24) is 0 Å². The summed E-state index contributed by atoms with van der Waals surface area (Å²) in [6.45, 7) is 0. The van der Waals surface area contributed by atoms with Crippen LogP contribution in [0.3, 0.4) is 0 Å². The van der Waals surface area contributed by atoms with Gasteiger partial charge in [-0.1, -0.05) is 35.9 Å². The molecule has 0 atom stereocenters. The second kappa shape index (κ2) is 7.65. The number of carbonyl (C=O) groups excluding carboxylic acids is 2. The lowest BCUT2D eigenvalue weighted by Gasteiger charge is -2.12. The zero-order valence-corrected chi connectivity index (χ0v) is 13.4. The smallest absolute Gasteiger partial charge is 0.229 e. The maximum atomic E-state index is 12.3.